The summed E-state index contributed by atoms with van der Waals surface area (Å²) >= 11 is 9.22. The van der Waals surface area contributed by atoms with E-state index in [9.17, 15) is 4.79 Å². The van der Waals surface area contributed by atoms with E-state index in [1.165, 1.54) is 0 Å². The van der Waals surface area contributed by atoms with E-state index in [1.807, 2.05) is 13.0 Å². The molecule has 17 heavy (non-hydrogen) atoms. The number of aromatic nitrogens is 1. The van der Waals surface area contributed by atoms with Gasteiger partial charge in [0.15, 0.2) is 5.78 Å². The van der Waals surface area contributed by atoms with Crippen LogP contribution in [0.1, 0.15) is 21.6 Å². The molecule has 1 heterocycles. The molecule has 0 atom stereocenters. The summed E-state index contributed by atoms with van der Waals surface area (Å²) in [5.74, 6) is -0.0827. The standard InChI is InChI=1S/C13H9BrClNO/c1-8-2-3-9(7-16-8)13(17)10-4-11(14)6-12(15)5-10/h2-7H,1H3. The number of halogens is 2. The van der Waals surface area contributed by atoms with Crippen molar-refractivity contribution in [1.82, 2.24) is 4.98 Å². The monoisotopic (exact) mass is 309 g/mol. The van der Waals surface area contributed by atoms with Crippen LogP contribution in [0.4, 0.5) is 0 Å². The largest absolute Gasteiger partial charge is 0.289 e. The average molecular weight is 311 g/mol. The summed E-state index contributed by atoms with van der Waals surface area (Å²) in [5, 5.41) is 0.530. The highest BCUT2D eigenvalue weighted by Crippen LogP contribution is 2.21. The number of hydrogen-bond acceptors (Lipinski definition) is 2. The van der Waals surface area contributed by atoms with Crippen LogP contribution in [0, 0.1) is 6.92 Å². The lowest BCUT2D eigenvalue weighted by molar-refractivity contribution is 0.103. The van der Waals surface area contributed by atoms with Gasteiger partial charge in [0.2, 0.25) is 0 Å². The van der Waals surface area contributed by atoms with Gasteiger partial charge in [-0.2, -0.15) is 0 Å². The number of hydrogen-bond donors (Lipinski definition) is 0. The lowest BCUT2D eigenvalue weighted by atomic mass is 10.1. The molecule has 0 N–H and O–H groups in total. The van der Waals surface area contributed by atoms with Crippen LogP contribution in [-0.2, 0) is 0 Å². The summed E-state index contributed by atoms with van der Waals surface area (Å²) in [6, 6.07) is 8.71. The maximum atomic E-state index is 12.1. The fourth-order valence-electron chi connectivity index (χ4n) is 1.45. The molecule has 86 valence electrons. The van der Waals surface area contributed by atoms with Gasteiger partial charge >= 0.3 is 0 Å². The third-order valence-electron chi connectivity index (χ3n) is 2.30. The summed E-state index contributed by atoms with van der Waals surface area (Å²) < 4.78 is 0.786. The third kappa shape index (κ3) is 2.93. The van der Waals surface area contributed by atoms with Gasteiger partial charge in [-0.3, -0.25) is 9.78 Å². The van der Waals surface area contributed by atoms with Crippen LogP contribution in [-0.4, -0.2) is 10.8 Å². The second kappa shape index (κ2) is 4.98. The SMILES string of the molecule is Cc1ccc(C(=O)c2cc(Cl)cc(Br)c2)cn1. The number of benzene rings is 1. The molecule has 2 rings (SSSR count). The minimum Gasteiger partial charge on any atom is -0.289 e. The highest BCUT2D eigenvalue weighted by molar-refractivity contribution is 9.10. The summed E-state index contributed by atoms with van der Waals surface area (Å²) in [6.07, 6.45) is 1.58. The van der Waals surface area contributed by atoms with Crippen molar-refractivity contribution < 1.29 is 4.79 Å². The van der Waals surface area contributed by atoms with E-state index in [1.54, 1.807) is 30.5 Å². The summed E-state index contributed by atoms with van der Waals surface area (Å²) in [6.45, 7) is 1.88. The zero-order valence-electron chi connectivity index (χ0n) is 9.08. The predicted molar refractivity (Wildman–Crippen MR) is 71.6 cm³/mol. The molecule has 0 saturated heterocycles. The third-order valence-corrected chi connectivity index (χ3v) is 2.97. The van der Waals surface area contributed by atoms with Gasteiger partial charge in [-0.05, 0) is 37.3 Å². The predicted octanol–water partition coefficient (Wildman–Crippen LogP) is 4.04. The molecule has 0 amide bonds. The van der Waals surface area contributed by atoms with Crippen molar-refractivity contribution in [2.45, 2.75) is 6.92 Å². The molecule has 0 radical (unpaired) electrons. The normalized spacial score (nSPS) is 10.3. The van der Waals surface area contributed by atoms with Crippen molar-refractivity contribution in [2.75, 3.05) is 0 Å². The van der Waals surface area contributed by atoms with Gasteiger partial charge in [0.25, 0.3) is 0 Å². The molecule has 0 spiro atoms. The molecule has 2 aromatic rings. The van der Waals surface area contributed by atoms with Crippen LogP contribution >= 0.6 is 27.5 Å². The zero-order chi connectivity index (χ0) is 12.4. The lowest BCUT2D eigenvalue weighted by Gasteiger charge is -2.03. The number of aryl methyl sites for hydroxylation is 1. The Hall–Kier alpha value is -1.19. The van der Waals surface area contributed by atoms with Crippen LogP contribution < -0.4 is 0 Å². The first-order chi connectivity index (χ1) is 8.06. The van der Waals surface area contributed by atoms with Gasteiger partial charge in [-0.15, -0.1) is 0 Å². The number of ketones is 1. The van der Waals surface area contributed by atoms with Gasteiger partial charge in [0.05, 0.1) is 0 Å². The van der Waals surface area contributed by atoms with Crippen molar-refractivity contribution in [3.8, 4) is 0 Å². The van der Waals surface area contributed by atoms with E-state index in [0.29, 0.717) is 16.1 Å². The molecule has 0 aliphatic carbocycles. The summed E-state index contributed by atoms with van der Waals surface area (Å²) in [5.41, 5.74) is 1.99. The van der Waals surface area contributed by atoms with E-state index in [2.05, 4.69) is 20.9 Å². The molecule has 0 bridgehead atoms. The quantitative estimate of drug-likeness (QED) is 0.784. The Morgan fingerprint density at radius 3 is 2.59 bits per heavy atom. The minimum absolute atomic E-state index is 0.0827. The first kappa shape index (κ1) is 12.3. The molecule has 0 unspecified atom stereocenters. The molecule has 0 saturated carbocycles. The number of pyridine rings is 1. The average Bonchev–Trinajstić information content (AvgIpc) is 2.28. The number of carbonyl (C=O) groups excluding carboxylic acids is 1. The highest BCUT2D eigenvalue weighted by Gasteiger charge is 2.10. The van der Waals surface area contributed by atoms with Crippen LogP contribution in [0.25, 0.3) is 0 Å². The van der Waals surface area contributed by atoms with Crippen molar-refractivity contribution in [3.05, 3.63) is 62.8 Å². The fourth-order valence-corrected chi connectivity index (χ4v) is 2.31. The molecule has 1 aromatic heterocycles. The zero-order valence-corrected chi connectivity index (χ0v) is 11.4. The first-order valence-corrected chi connectivity index (χ1v) is 6.17. The van der Waals surface area contributed by atoms with Crippen LogP contribution in [0.5, 0.6) is 0 Å². The molecular weight excluding hydrogens is 302 g/mol. The number of carbonyl (C=O) groups is 1. The van der Waals surface area contributed by atoms with Gasteiger partial charge in [0, 0.05) is 32.5 Å². The number of nitrogens with zero attached hydrogens (tertiary/aromatic N) is 1. The minimum atomic E-state index is -0.0827. The highest BCUT2D eigenvalue weighted by atomic mass is 79.9. The van der Waals surface area contributed by atoms with E-state index in [-0.39, 0.29) is 5.78 Å². The van der Waals surface area contributed by atoms with Crippen molar-refractivity contribution in [2.24, 2.45) is 0 Å². The van der Waals surface area contributed by atoms with Crippen molar-refractivity contribution in [3.63, 3.8) is 0 Å². The summed E-state index contributed by atoms with van der Waals surface area (Å²) in [7, 11) is 0. The van der Waals surface area contributed by atoms with Crippen molar-refractivity contribution >= 4 is 33.3 Å². The van der Waals surface area contributed by atoms with Gasteiger partial charge in [-0.25, -0.2) is 0 Å². The Kier molecular flexibility index (Phi) is 3.60. The molecular formula is C13H9BrClNO. The maximum Gasteiger partial charge on any atom is 0.194 e. The van der Waals surface area contributed by atoms with E-state index < -0.39 is 0 Å². The van der Waals surface area contributed by atoms with Crippen LogP contribution in [0.3, 0.4) is 0 Å². The first-order valence-electron chi connectivity index (χ1n) is 5.00. The second-order valence-electron chi connectivity index (χ2n) is 3.68. The smallest absolute Gasteiger partial charge is 0.194 e. The molecule has 0 aliphatic heterocycles. The fraction of sp³-hybridized carbons (Fsp3) is 0.0769. The Morgan fingerprint density at radius 1 is 1.24 bits per heavy atom. The van der Waals surface area contributed by atoms with Gasteiger partial charge in [-0.1, -0.05) is 27.5 Å². The molecule has 0 fully saturated rings. The summed E-state index contributed by atoms with van der Waals surface area (Å²) in [4.78, 5) is 16.2. The van der Waals surface area contributed by atoms with Crippen molar-refractivity contribution in [1.29, 1.82) is 0 Å². The molecule has 0 aliphatic rings. The van der Waals surface area contributed by atoms with Gasteiger partial charge < -0.3 is 0 Å². The van der Waals surface area contributed by atoms with E-state index in [0.717, 1.165) is 10.2 Å². The molecule has 1 aromatic carbocycles. The van der Waals surface area contributed by atoms with Crippen LogP contribution in [0.15, 0.2) is 41.0 Å². The topological polar surface area (TPSA) is 30.0 Å². The van der Waals surface area contributed by atoms with Gasteiger partial charge in [0.1, 0.15) is 0 Å². The maximum absolute atomic E-state index is 12.1. The lowest BCUT2D eigenvalue weighted by Crippen LogP contribution is -2.02. The van der Waals surface area contributed by atoms with E-state index in [4.69, 9.17) is 11.6 Å². The number of rotatable bonds is 2. The van der Waals surface area contributed by atoms with Crippen LogP contribution in [0.2, 0.25) is 5.02 Å². The molecule has 2 nitrogen and oxygen atoms in total. The van der Waals surface area contributed by atoms with E-state index >= 15 is 0 Å². The second-order valence-corrected chi connectivity index (χ2v) is 5.03. The Morgan fingerprint density at radius 2 is 2.00 bits per heavy atom. The molecule has 4 heteroatoms. The Bertz CT molecular complexity index is 546. The Labute approximate surface area is 113 Å². The Balaban J connectivity index is 2.40.